The normalized spacial score (nSPS) is 10.0. The number of hydrogen-bond acceptors (Lipinski definition) is 7. The van der Waals surface area contributed by atoms with Gasteiger partial charge in [-0.3, -0.25) is 14.9 Å². The summed E-state index contributed by atoms with van der Waals surface area (Å²) < 4.78 is 0. The van der Waals surface area contributed by atoms with Crippen LogP contribution in [0.25, 0.3) is 0 Å². The lowest BCUT2D eigenvalue weighted by atomic mass is 10.3. The minimum Gasteiger partial charge on any atom is -0.409 e. The van der Waals surface area contributed by atoms with Gasteiger partial charge in [0, 0.05) is 17.8 Å². The summed E-state index contributed by atoms with van der Waals surface area (Å²) >= 11 is 0. The Balaban J connectivity index is 2.20. The zero-order chi connectivity index (χ0) is 13.1. The Morgan fingerprint density at radius 1 is 1.50 bits per heavy atom. The number of nitrogens with zero attached hydrogens (tertiary/aromatic N) is 5. The number of nitro benzene ring substituents is 1. The van der Waals surface area contributed by atoms with E-state index in [2.05, 4.69) is 20.8 Å². The van der Waals surface area contributed by atoms with Crippen LogP contribution in [0.2, 0.25) is 0 Å². The molecule has 0 bridgehead atoms. The number of aromatic nitrogens is 4. The van der Waals surface area contributed by atoms with Crippen molar-refractivity contribution in [1.29, 1.82) is 0 Å². The topological polar surface area (TPSA) is 136 Å². The van der Waals surface area contributed by atoms with Crippen LogP contribution in [0.5, 0.6) is 0 Å². The lowest BCUT2D eigenvalue weighted by Crippen LogP contribution is -2.17. The molecule has 1 heterocycles. The Hall–Kier alpha value is -3.04. The van der Waals surface area contributed by atoms with Gasteiger partial charge in [0.2, 0.25) is 0 Å². The van der Waals surface area contributed by atoms with Gasteiger partial charge < -0.3 is 10.5 Å². The molecule has 0 radical (unpaired) electrons. The SMILES string of the molecule is O=C(Nc1cccc([N+](=O)[O-])c1)c1nnnn1O. The number of rotatable bonds is 3. The van der Waals surface area contributed by atoms with Crippen molar-refractivity contribution in [1.82, 2.24) is 20.4 Å². The molecule has 0 atom stereocenters. The van der Waals surface area contributed by atoms with Crippen molar-refractivity contribution in [2.45, 2.75) is 0 Å². The molecule has 0 aliphatic carbocycles. The highest BCUT2D eigenvalue weighted by Gasteiger charge is 2.16. The van der Waals surface area contributed by atoms with Crippen LogP contribution in [0, 0.1) is 10.1 Å². The van der Waals surface area contributed by atoms with Crippen molar-refractivity contribution in [3.8, 4) is 0 Å². The molecule has 0 saturated heterocycles. The first-order chi connectivity index (χ1) is 8.58. The van der Waals surface area contributed by atoms with Crippen LogP contribution in [-0.2, 0) is 0 Å². The maximum atomic E-state index is 11.6. The molecule has 1 aromatic carbocycles. The zero-order valence-electron chi connectivity index (χ0n) is 8.72. The number of carbonyl (C=O) groups excluding carboxylic acids is 1. The number of nitro groups is 1. The summed E-state index contributed by atoms with van der Waals surface area (Å²) in [5.41, 5.74) is 0.0218. The molecule has 2 aromatic rings. The summed E-state index contributed by atoms with van der Waals surface area (Å²) in [5.74, 6) is -1.22. The fourth-order valence-electron chi connectivity index (χ4n) is 1.20. The van der Waals surface area contributed by atoms with Gasteiger partial charge in [0.05, 0.1) is 4.92 Å². The molecular weight excluding hydrogens is 244 g/mol. The fourth-order valence-corrected chi connectivity index (χ4v) is 1.20. The molecule has 0 spiro atoms. The smallest absolute Gasteiger partial charge is 0.298 e. The summed E-state index contributed by atoms with van der Waals surface area (Å²) in [5, 5.41) is 31.3. The second-order valence-electron chi connectivity index (χ2n) is 3.15. The molecule has 18 heavy (non-hydrogen) atoms. The van der Waals surface area contributed by atoms with Gasteiger partial charge in [-0.2, -0.15) is 0 Å². The third-order valence-corrected chi connectivity index (χ3v) is 1.97. The van der Waals surface area contributed by atoms with E-state index >= 15 is 0 Å². The Morgan fingerprint density at radius 3 is 2.89 bits per heavy atom. The molecule has 10 nitrogen and oxygen atoms in total. The van der Waals surface area contributed by atoms with Gasteiger partial charge in [-0.25, -0.2) is 0 Å². The molecular formula is C8H6N6O4. The van der Waals surface area contributed by atoms with Gasteiger partial charge in [-0.15, -0.1) is 0 Å². The fraction of sp³-hybridized carbons (Fsp3) is 0. The number of carbonyl (C=O) groups is 1. The van der Waals surface area contributed by atoms with E-state index in [9.17, 15) is 14.9 Å². The lowest BCUT2D eigenvalue weighted by Gasteiger charge is -2.02. The molecule has 10 heteroatoms. The number of amides is 1. The summed E-state index contributed by atoms with van der Waals surface area (Å²) in [4.78, 5) is 21.7. The molecule has 0 saturated carbocycles. The summed E-state index contributed by atoms with van der Waals surface area (Å²) in [6, 6.07) is 5.32. The first-order valence-corrected chi connectivity index (χ1v) is 4.61. The van der Waals surface area contributed by atoms with Gasteiger partial charge in [0.25, 0.3) is 17.4 Å². The van der Waals surface area contributed by atoms with Crippen LogP contribution >= 0.6 is 0 Å². The average Bonchev–Trinajstić information content (AvgIpc) is 2.76. The van der Waals surface area contributed by atoms with Gasteiger partial charge in [-0.1, -0.05) is 16.0 Å². The molecule has 1 amide bonds. The van der Waals surface area contributed by atoms with E-state index in [4.69, 9.17) is 5.21 Å². The van der Waals surface area contributed by atoms with E-state index in [-0.39, 0.29) is 16.2 Å². The maximum Gasteiger partial charge on any atom is 0.298 e. The lowest BCUT2D eigenvalue weighted by molar-refractivity contribution is -0.384. The monoisotopic (exact) mass is 250 g/mol. The Bertz CT molecular complexity index is 609. The first kappa shape index (κ1) is 11.4. The van der Waals surface area contributed by atoms with Gasteiger partial charge in [-0.05, 0) is 16.5 Å². The molecule has 1 aromatic heterocycles. The van der Waals surface area contributed by atoms with Crippen LogP contribution in [0.3, 0.4) is 0 Å². The van der Waals surface area contributed by atoms with E-state index in [1.807, 2.05) is 0 Å². The number of tetrazole rings is 1. The van der Waals surface area contributed by atoms with Gasteiger partial charge in [0.15, 0.2) is 0 Å². The number of anilines is 1. The molecule has 0 fully saturated rings. The molecule has 0 aliphatic rings. The van der Waals surface area contributed by atoms with E-state index in [1.165, 1.54) is 24.3 Å². The van der Waals surface area contributed by atoms with E-state index < -0.39 is 16.7 Å². The van der Waals surface area contributed by atoms with Crippen LogP contribution in [-0.4, -0.2) is 36.4 Å². The predicted molar refractivity (Wildman–Crippen MR) is 56.1 cm³/mol. The molecule has 92 valence electrons. The molecule has 0 aliphatic heterocycles. The standard InChI is InChI=1S/C8H6N6O4/c15-8(7-10-11-12-13(7)16)9-5-2-1-3-6(4-5)14(17)18/h1-4,16H,(H,9,15). The minimum atomic E-state index is -0.789. The van der Waals surface area contributed by atoms with Crippen molar-refractivity contribution in [2.75, 3.05) is 5.32 Å². The number of non-ortho nitro benzene ring substituents is 1. The van der Waals surface area contributed by atoms with Crippen LogP contribution < -0.4 is 5.32 Å². The van der Waals surface area contributed by atoms with Crippen molar-refractivity contribution in [3.63, 3.8) is 0 Å². The van der Waals surface area contributed by atoms with Crippen molar-refractivity contribution >= 4 is 17.3 Å². The number of hydrogen-bond donors (Lipinski definition) is 2. The van der Waals surface area contributed by atoms with Gasteiger partial charge >= 0.3 is 0 Å². The van der Waals surface area contributed by atoms with E-state index in [1.54, 1.807) is 0 Å². The Labute approximate surface area is 98.9 Å². The predicted octanol–water partition coefficient (Wildman–Crippen LogP) is 0.0709. The Morgan fingerprint density at radius 2 is 2.28 bits per heavy atom. The number of benzene rings is 1. The summed E-state index contributed by atoms with van der Waals surface area (Å²) in [6.45, 7) is 0. The maximum absolute atomic E-state index is 11.6. The first-order valence-electron chi connectivity index (χ1n) is 4.61. The third kappa shape index (κ3) is 2.21. The highest BCUT2D eigenvalue weighted by atomic mass is 16.6. The molecule has 0 unspecified atom stereocenters. The Kier molecular flexibility index (Phi) is 2.83. The zero-order valence-corrected chi connectivity index (χ0v) is 8.72. The molecule has 2 rings (SSSR count). The molecule has 2 N–H and O–H groups in total. The van der Waals surface area contributed by atoms with Crippen LogP contribution in [0.15, 0.2) is 24.3 Å². The quantitative estimate of drug-likeness (QED) is 0.446. The van der Waals surface area contributed by atoms with E-state index in [0.29, 0.717) is 0 Å². The summed E-state index contributed by atoms with van der Waals surface area (Å²) in [6.07, 6.45) is 0. The van der Waals surface area contributed by atoms with Gasteiger partial charge in [0.1, 0.15) is 0 Å². The van der Waals surface area contributed by atoms with Crippen molar-refractivity contribution in [3.05, 3.63) is 40.2 Å². The highest BCUT2D eigenvalue weighted by Crippen LogP contribution is 2.17. The highest BCUT2D eigenvalue weighted by molar-refractivity contribution is 6.01. The average molecular weight is 250 g/mol. The largest absolute Gasteiger partial charge is 0.409 e. The third-order valence-electron chi connectivity index (χ3n) is 1.97. The van der Waals surface area contributed by atoms with Crippen molar-refractivity contribution in [2.24, 2.45) is 0 Å². The van der Waals surface area contributed by atoms with Crippen LogP contribution in [0.4, 0.5) is 11.4 Å². The van der Waals surface area contributed by atoms with E-state index in [0.717, 1.165) is 0 Å². The van der Waals surface area contributed by atoms with Crippen LogP contribution in [0.1, 0.15) is 10.6 Å². The van der Waals surface area contributed by atoms with Crippen molar-refractivity contribution < 1.29 is 14.9 Å². The number of nitrogens with one attached hydrogen (secondary N) is 1. The minimum absolute atomic E-state index is 0.170. The summed E-state index contributed by atoms with van der Waals surface area (Å²) in [7, 11) is 0. The second kappa shape index (κ2) is 4.45. The second-order valence-corrected chi connectivity index (χ2v) is 3.15.